The smallest absolute Gasteiger partial charge is 0.197 e. The number of hydrogen-bond donors (Lipinski definition) is 0. The zero-order valence-electron chi connectivity index (χ0n) is 17.2. The van der Waals surface area contributed by atoms with Gasteiger partial charge in [-0.2, -0.15) is 0 Å². The molecule has 0 aliphatic carbocycles. The van der Waals surface area contributed by atoms with Crippen molar-refractivity contribution < 1.29 is 18.7 Å². The number of rotatable bonds is 8. The molecule has 0 N–H and O–H groups in total. The van der Waals surface area contributed by atoms with E-state index in [2.05, 4.69) is 15.9 Å². The average molecular weight is 457 g/mol. The van der Waals surface area contributed by atoms with Crippen LogP contribution in [0.4, 0.5) is 0 Å². The molecule has 0 aliphatic heterocycles. The van der Waals surface area contributed by atoms with Crippen molar-refractivity contribution in [3.8, 4) is 5.75 Å². The third-order valence-electron chi connectivity index (χ3n) is 4.87. The summed E-state index contributed by atoms with van der Waals surface area (Å²) < 4.78 is 12.3. The minimum Gasteiger partial charge on any atom is -0.495 e. The number of carbonyl (C=O) groups is 2. The molecule has 1 aromatic heterocycles. The van der Waals surface area contributed by atoms with Gasteiger partial charge in [0.05, 0.1) is 17.1 Å². The fraction of sp³-hybridized carbons (Fsp3) is 0.333. The van der Waals surface area contributed by atoms with Crippen molar-refractivity contribution in [2.45, 2.75) is 40.0 Å². The minimum absolute atomic E-state index is 0.123. The zero-order valence-corrected chi connectivity index (χ0v) is 18.8. The molecule has 0 unspecified atom stereocenters. The summed E-state index contributed by atoms with van der Waals surface area (Å²) in [6.45, 7) is 5.97. The molecule has 0 radical (unpaired) electrons. The van der Waals surface area contributed by atoms with Gasteiger partial charge in [0.15, 0.2) is 5.78 Å². The van der Waals surface area contributed by atoms with Gasteiger partial charge in [0.25, 0.3) is 0 Å². The van der Waals surface area contributed by atoms with E-state index in [1.54, 1.807) is 19.2 Å². The second-order valence-corrected chi connectivity index (χ2v) is 8.44. The van der Waals surface area contributed by atoms with Gasteiger partial charge in [-0.15, -0.1) is 0 Å². The first-order chi connectivity index (χ1) is 13.8. The number of aryl methyl sites for hydroxylation is 2. The molecule has 5 heteroatoms. The SMILES string of the molecule is COc1c(C)cc2oc(CCC(=O)CC(C)C)c(C(=O)c3ccccc3)c2c1Br. The molecular formula is C24H25BrO4. The predicted octanol–water partition coefficient (Wildman–Crippen LogP) is 6.29. The molecule has 29 heavy (non-hydrogen) atoms. The lowest BCUT2D eigenvalue weighted by atomic mass is 9.96. The second kappa shape index (κ2) is 8.95. The molecule has 0 atom stereocenters. The number of methoxy groups -OCH3 is 1. The van der Waals surface area contributed by atoms with E-state index in [0.717, 1.165) is 5.56 Å². The number of benzene rings is 2. The number of halogens is 1. The van der Waals surface area contributed by atoms with Gasteiger partial charge in [0, 0.05) is 30.2 Å². The number of carbonyl (C=O) groups excluding carboxylic acids is 2. The van der Waals surface area contributed by atoms with Gasteiger partial charge >= 0.3 is 0 Å². The van der Waals surface area contributed by atoms with E-state index in [0.29, 0.717) is 63.3 Å². The Bertz CT molecular complexity index is 1050. The summed E-state index contributed by atoms with van der Waals surface area (Å²) in [7, 11) is 1.60. The number of hydrogen-bond acceptors (Lipinski definition) is 4. The van der Waals surface area contributed by atoms with Crippen LogP contribution in [0, 0.1) is 12.8 Å². The number of ketones is 2. The Balaban J connectivity index is 2.13. The first-order valence-electron chi connectivity index (χ1n) is 9.73. The van der Waals surface area contributed by atoms with Crippen molar-refractivity contribution >= 4 is 38.5 Å². The molecule has 0 fully saturated rings. The van der Waals surface area contributed by atoms with Crippen molar-refractivity contribution in [1.29, 1.82) is 0 Å². The van der Waals surface area contributed by atoms with Crippen molar-refractivity contribution in [1.82, 2.24) is 0 Å². The molecule has 0 spiro atoms. The van der Waals surface area contributed by atoms with Crippen LogP contribution >= 0.6 is 15.9 Å². The molecule has 3 rings (SSSR count). The molecule has 3 aromatic rings. The predicted molar refractivity (Wildman–Crippen MR) is 118 cm³/mol. The van der Waals surface area contributed by atoms with Crippen molar-refractivity contribution in [2.75, 3.05) is 7.11 Å². The van der Waals surface area contributed by atoms with Gasteiger partial charge in [0.1, 0.15) is 22.9 Å². The average Bonchev–Trinajstić information content (AvgIpc) is 3.04. The van der Waals surface area contributed by atoms with E-state index in [1.807, 2.05) is 45.0 Å². The molecule has 152 valence electrons. The van der Waals surface area contributed by atoms with Gasteiger partial charge in [-0.3, -0.25) is 9.59 Å². The van der Waals surface area contributed by atoms with Crippen LogP contribution < -0.4 is 4.74 Å². The van der Waals surface area contributed by atoms with E-state index in [1.165, 1.54) is 0 Å². The highest BCUT2D eigenvalue weighted by Gasteiger charge is 2.26. The summed E-state index contributed by atoms with van der Waals surface area (Å²) in [4.78, 5) is 25.7. The topological polar surface area (TPSA) is 56.5 Å². The van der Waals surface area contributed by atoms with Crippen LogP contribution in [0.5, 0.6) is 5.75 Å². The Morgan fingerprint density at radius 1 is 1.17 bits per heavy atom. The Kier molecular flexibility index (Phi) is 6.58. The van der Waals surface area contributed by atoms with Crippen LogP contribution in [0.3, 0.4) is 0 Å². The Hall–Kier alpha value is -2.40. The molecule has 0 saturated heterocycles. The molecule has 1 heterocycles. The third-order valence-corrected chi connectivity index (χ3v) is 5.62. The fourth-order valence-electron chi connectivity index (χ4n) is 3.58. The van der Waals surface area contributed by atoms with E-state index < -0.39 is 0 Å². The largest absolute Gasteiger partial charge is 0.495 e. The first kappa shape index (κ1) is 21.3. The van der Waals surface area contributed by atoms with Crippen LogP contribution in [0.15, 0.2) is 45.3 Å². The normalized spacial score (nSPS) is 11.2. The standard InChI is InChI=1S/C24H25BrO4/c1-14(2)12-17(26)10-11-18-21(23(27)16-8-6-5-7-9-16)20-19(29-18)13-15(3)24(28-4)22(20)25/h5-9,13-14H,10-12H2,1-4H3. The quantitative estimate of drug-likeness (QED) is 0.373. The lowest BCUT2D eigenvalue weighted by Crippen LogP contribution is -2.07. The lowest BCUT2D eigenvalue weighted by Gasteiger charge is -2.09. The van der Waals surface area contributed by atoms with E-state index in [-0.39, 0.29) is 11.6 Å². The summed E-state index contributed by atoms with van der Waals surface area (Å²) in [5, 5.41) is 0.688. The summed E-state index contributed by atoms with van der Waals surface area (Å²) in [5.74, 6) is 1.57. The maximum atomic E-state index is 13.4. The van der Waals surface area contributed by atoms with Gasteiger partial charge in [-0.05, 0) is 40.4 Å². The van der Waals surface area contributed by atoms with Crippen molar-refractivity contribution in [3.63, 3.8) is 0 Å². The molecule has 0 bridgehead atoms. The highest BCUT2D eigenvalue weighted by atomic mass is 79.9. The Morgan fingerprint density at radius 2 is 1.86 bits per heavy atom. The number of Topliss-reactive ketones (excluding diaryl/α,β-unsaturated/α-hetero) is 1. The van der Waals surface area contributed by atoms with E-state index in [4.69, 9.17) is 9.15 Å². The summed E-state index contributed by atoms with van der Waals surface area (Å²) in [6, 6.07) is 11.0. The van der Waals surface area contributed by atoms with Crippen LogP contribution in [-0.4, -0.2) is 18.7 Å². The highest BCUT2D eigenvalue weighted by molar-refractivity contribution is 9.10. The minimum atomic E-state index is -0.123. The van der Waals surface area contributed by atoms with Gasteiger partial charge in [0.2, 0.25) is 0 Å². The number of ether oxygens (including phenoxy) is 1. The highest BCUT2D eigenvalue weighted by Crippen LogP contribution is 2.41. The van der Waals surface area contributed by atoms with E-state index in [9.17, 15) is 9.59 Å². The Labute approximate surface area is 179 Å². The molecule has 4 nitrogen and oxygen atoms in total. The van der Waals surface area contributed by atoms with Crippen LogP contribution in [0.1, 0.15) is 53.9 Å². The van der Waals surface area contributed by atoms with Gasteiger partial charge < -0.3 is 9.15 Å². The Morgan fingerprint density at radius 3 is 2.48 bits per heavy atom. The molecular weight excluding hydrogens is 432 g/mol. The maximum Gasteiger partial charge on any atom is 0.197 e. The summed E-state index contributed by atoms with van der Waals surface area (Å²) >= 11 is 3.61. The number of furan rings is 1. The fourth-order valence-corrected chi connectivity index (χ4v) is 4.45. The van der Waals surface area contributed by atoms with Crippen molar-refractivity contribution in [2.24, 2.45) is 5.92 Å². The summed E-state index contributed by atoms with van der Waals surface area (Å²) in [5.41, 5.74) is 2.59. The van der Waals surface area contributed by atoms with Crippen LogP contribution in [0.25, 0.3) is 11.0 Å². The maximum absolute atomic E-state index is 13.4. The monoisotopic (exact) mass is 456 g/mol. The van der Waals surface area contributed by atoms with Crippen LogP contribution in [0.2, 0.25) is 0 Å². The molecule has 0 saturated carbocycles. The third kappa shape index (κ3) is 4.45. The number of fused-ring (bicyclic) bond motifs is 1. The second-order valence-electron chi connectivity index (χ2n) is 7.65. The van der Waals surface area contributed by atoms with Gasteiger partial charge in [-0.25, -0.2) is 0 Å². The molecule has 0 amide bonds. The van der Waals surface area contributed by atoms with Gasteiger partial charge in [-0.1, -0.05) is 44.2 Å². The van der Waals surface area contributed by atoms with Crippen LogP contribution in [-0.2, 0) is 11.2 Å². The van der Waals surface area contributed by atoms with Crippen molar-refractivity contribution in [3.05, 3.63) is 63.3 Å². The summed E-state index contributed by atoms with van der Waals surface area (Å²) in [6.07, 6.45) is 1.27. The zero-order chi connectivity index (χ0) is 21.1. The van der Waals surface area contributed by atoms with E-state index >= 15 is 0 Å². The lowest BCUT2D eigenvalue weighted by molar-refractivity contribution is -0.119. The first-order valence-corrected chi connectivity index (χ1v) is 10.5. The molecule has 2 aromatic carbocycles. The molecule has 0 aliphatic rings.